The molecule has 0 radical (unpaired) electrons. The van der Waals surface area contributed by atoms with Gasteiger partial charge in [-0.25, -0.2) is 8.78 Å². The molecule has 3 nitrogen and oxygen atoms in total. The van der Waals surface area contributed by atoms with Gasteiger partial charge in [0, 0.05) is 11.8 Å². The number of carbonyl (C=O) groups excluding carboxylic acids is 1. The number of hydrogen-bond donors (Lipinski definition) is 1. The lowest BCUT2D eigenvalue weighted by Crippen LogP contribution is -2.62. The van der Waals surface area contributed by atoms with Gasteiger partial charge in [-0.1, -0.05) is 6.92 Å². The summed E-state index contributed by atoms with van der Waals surface area (Å²) in [6.07, 6.45) is -4.52. The van der Waals surface area contributed by atoms with Crippen molar-refractivity contribution in [2.75, 3.05) is 7.11 Å². The third kappa shape index (κ3) is 3.19. The van der Waals surface area contributed by atoms with Crippen molar-refractivity contribution in [2.45, 2.75) is 64.2 Å². The largest absolute Gasteiger partial charge is 0.469 e. The van der Waals surface area contributed by atoms with Gasteiger partial charge in [-0.3, -0.25) is 4.79 Å². The quantitative estimate of drug-likeness (QED) is 0.608. The van der Waals surface area contributed by atoms with Gasteiger partial charge in [-0.05, 0) is 39.5 Å². The fourth-order valence-corrected chi connectivity index (χ4v) is 3.11. The molecule has 0 amide bonds. The second-order valence-electron chi connectivity index (χ2n) is 6.82. The van der Waals surface area contributed by atoms with Gasteiger partial charge in [-0.2, -0.15) is 13.2 Å². The summed E-state index contributed by atoms with van der Waals surface area (Å²) in [6, 6.07) is 0. The van der Waals surface area contributed by atoms with E-state index in [1.807, 2.05) is 20.8 Å². The summed E-state index contributed by atoms with van der Waals surface area (Å²) >= 11 is 0. The highest BCUT2D eigenvalue weighted by molar-refractivity contribution is 5.75. The number of fused-ring (bicyclic) bond motifs is 2. The summed E-state index contributed by atoms with van der Waals surface area (Å²) in [5, 5.41) is 9.17. The van der Waals surface area contributed by atoms with Crippen LogP contribution in [0.3, 0.4) is 0 Å². The van der Waals surface area contributed by atoms with E-state index in [4.69, 9.17) is 0 Å². The van der Waals surface area contributed by atoms with Crippen molar-refractivity contribution in [2.24, 2.45) is 17.3 Å². The molecule has 0 aliphatic heterocycles. The van der Waals surface area contributed by atoms with Crippen LogP contribution in [-0.4, -0.2) is 35.9 Å². The van der Waals surface area contributed by atoms with Crippen LogP contribution in [0.15, 0.2) is 0 Å². The van der Waals surface area contributed by atoms with E-state index in [-0.39, 0.29) is 30.6 Å². The first-order chi connectivity index (χ1) is 10.3. The van der Waals surface area contributed by atoms with Gasteiger partial charge in [0.15, 0.2) is 0 Å². The molecule has 2 bridgehead atoms. The van der Waals surface area contributed by atoms with Gasteiger partial charge in [-0.15, -0.1) is 0 Å². The van der Waals surface area contributed by atoms with Crippen LogP contribution in [0, 0.1) is 17.3 Å². The van der Waals surface area contributed by atoms with Crippen LogP contribution >= 0.6 is 0 Å². The summed E-state index contributed by atoms with van der Waals surface area (Å²) in [5.41, 5.74) is -4.10. The molecule has 2 aliphatic rings. The molecule has 0 spiro atoms. The lowest BCUT2D eigenvalue weighted by molar-refractivity contribution is -0.346. The Hall–Kier alpha value is -0.920. The monoisotopic (exact) mass is 346 g/mol. The number of carbonyl (C=O) groups is 1. The van der Waals surface area contributed by atoms with Crippen LogP contribution < -0.4 is 0 Å². The smallest absolute Gasteiger partial charge is 0.423 e. The highest BCUT2D eigenvalue weighted by atomic mass is 19.4. The summed E-state index contributed by atoms with van der Waals surface area (Å²) in [4.78, 5) is 10.8. The number of hydrogen-bond acceptors (Lipinski definition) is 3. The molecule has 3 atom stereocenters. The average molecular weight is 346 g/mol. The Bertz CT molecular complexity index is 447. The topological polar surface area (TPSA) is 46.5 Å². The van der Waals surface area contributed by atoms with Crippen LogP contribution in [0.2, 0.25) is 0 Å². The van der Waals surface area contributed by atoms with Crippen molar-refractivity contribution < 1.29 is 36.6 Å². The van der Waals surface area contributed by atoms with E-state index in [1.54, 1.807) is 0 Å². The van der Waals surface area contributed by atoms with Crippen molar-refractivity contribution in [1.82, 2.24) is 0 Å². The molecule has 0 aromatic rings. The first-order valence-electron chi connectivity index (χ1n) is 7.51. The Kier molecular flexibility index (Phi) is 5.41. The van der Waals surface area contributed by atoms with Gasteiger partial charge < -0.3 is 9.84 Å². The summed E-state index contributed by atoms with van der Waals surface area (Å²) in [6.45, 7) is 5.72. The SMILES string of the molecule is CCC(C)(C)C(=O)OC.OC1(C(F)(F)F)C2CCC(C2)C1(F)F. The van der Waals surface area contributed by atoms with Crippen LogP contribution in [0.1, 0.15) is 46.5 Å². The van der Waals surface area contributed by atoms with Gasteiger partial charge >= 0.3 is 12.1 Å². The van der Waals surface area contributed by atoms with Gasteiger partial charge in [0.25, 0.3) is 5.92 Å². The van der Waals surface area contributed by atoms with Gasteiger partial charge in [0.2, 0.25) is 5.60 Å². The number of ether oxygens (including phenoxy) is 1. The number of rotatable bonds is 2. The van der Waals surface area contributed by atoms with Gasteiger partial charge in [0.1, 0.15) is 0 Å². The molecule has 2 fully saturated rings. The summed E-state index contributed by atoms with van der Waals surface area (Å²) < 4.78 is 68.1. The third-order valence-electron chi connectivity index (χ3n) is 5.10. The number of halogens is 5. The second-order valence-corrected chi connectivity index (χ2v) is 6.82. The number of methoxy groups -OCH3 is 1. The van der Waals surface area contributed by atoms with E-state index in [2.05, 4.69) is 4.74 Å². The Labute approximate surface area is 132 Å². The number of esters is 1. The van der Waals surface area contributed by atoms with Crippen molar-refractivity contribution in [1.29, 1.82) is 0 Å². The summed E-state index contributed by atoms with van der Waals surface area (Å²) in [7, 11) is 1.42. The van der Waals surface area contributed by atoms with Gasteiger partial charge in [0.05, 0.1) is 12.5 Å². The minimum Gasteiger partial charge on any atom is -0.469 e. The number of aliphatic hydroxyl groups is 1. The lowest BCUT2D eigenvalue weighted by atomic mass is 9.80. The van der Waals surface area contributed by atoms with E-state index in [9.17, 15) is 31.9 Å². The fraction of sp³-hybridized carbons (Fsp3) is 0.933. The van der Waals surface area contributed by atoms with E-state index in [0.29, 0.717) is 0 Å². The second kappa shape index (κ2) is 6.18. The molecular formula is C15H23F5O3. The molecule has 0 aromatic heterocycles. The zero-order valence-electron chi connectivity index (χ0n) is 13.6. The Balaban J connectivity index is 0.000000257. The molecule has 0 heterocycles. The Morgan fingerprint density at radius 3 is 1.91 bits per heavy atom. The molecule has 1 N–H and O–H groups in total. The minimum atomic E-state index is -5.24. The van der Waals surface area contributed by atoms with Crippen molar-refractivity contribution >= 4 is 5.97 Å². The highest BCUT2D eigenvalue weighted by Gasteiger charge is 2.80. The predicted molar refractivity (Wildman–Crippen MR) is 72.9 cm³/mol. The normalized spacial score (nSPS) is 32.3. The van der Waals surface area contributed by atoms with Crippen molar-refractivity contribution in [3.05, 3.63) is 0 Å². The summed E-state index contributed by atoms with van der Waals surface area (Å²) in [5.74, 6) is -6.79. The maximum absolute atomic E-state index is 13.2. The zero-order valence-corrected chi connectivity index (χ0v) is 13.6. The first-order valence-corrected chi connectivity index (χ1v) is 7.51. The van der Waals surface area contributed by atoms with E-state index >= 15 is 0 Å². The Morgan fingerprint density at radius 1 is 1.22 bits per heavy atom. The molecule has 2 rings (SSSR count). The van der Waals surface area contributed by atoms with Crippen molar-refractivity contribution in [3.63, 3.8) is 0 Å². The minimum absolute atomic E-state index is 0.0380. The molecule has 8 heteroatoms. The van der Waals surface area contributed by atoms with E-state index in [1.165, 1.54) is 7.11 Å². The molecule has 0 saturated heterocycles. The average Bonchev–Trinajstić information content (AvgIpc) is 3.00. The molecule has 0 aromatic carbocycles. The third-order valence-corrected chi connectivity index (χ3v) is 5.10. The standard InChI is InChI=1S/C8H9F5O.C7H14O2/c9-7(10)5-2-1-4(3-5)6(7,14)8(11,12)13;1-5-7(2,3)6(8)9-4/h4-5,14H,1-3H2;5H2,1-4H3. The van der Waals surface area contributed by atoms with Crippen LogP contribution in [0.5, 0.6) is 0 Å². The lowest BCUT2D eigenvalue weighted by Gasteiger charge is -2.40. The molecule has 23 heavy (non-hydrogen) atoms. The van der Waals surface area contributed by atoms with Crippen molar-refractivity contribution in [3.8, 4) is 0 Å². The maximum Gasteiger partial charge on any atom is 0.423 e. The number of alkyl halides is 5. The van der Waals surface area contributed by atoms with Crippen LogP contribution in [-0.2, 0) is 9.53 Å². The Morgan fingerprint density at radius 2 is 1.70 bits per heavy atom. The molecule has 2 saturated carbocycles. The van der Waals surface area contributed by atoms with E-state index in [0.717, 1.165) is 6.42 Å². The molecular weight excluding hydrogens is 323 g/mol. The molecule has 2 aliphatic carbocycles. The zero-order chi connectivity index (χ0) is 18.3. The molecule has 136 valence electrons. The fourth-order valence-electron chi connectivity index (χ4n) is 3.11. The predicted octanol–water partition coefficient (Wildman–Crippen LogP) is 3.94. The van der Waals surface area contributed by atoms with E-state index < -0.39 is 29.5 Å². The first kappa shape index (κ1) is 20.1. The van der Waals surface area contributed by atoms with Crippen LogP contribution in [0.25, 0.3) is 0 Å². The van der Waals surface area contributed by atoms with Crippen LogP contribution in [0.4, 0.5) is 22.0 Å². The molecule has 3 unspecified atom stereocenters. The maximum atomic E-state index is 13.2. The highest BCUT2D eigenvalue weighted by Crippen LogP contribution is 2.64.